The number of urea groups is 1. The molecule has 0 aromatic carbocycles. The summed E-state index contributed by atoms with van der Waals surface area (Å²) in [6.45, 7) is 5.20. The lowest BCUT2D eigenvalue weighted by molar-refractivity contribution is 0.0398. The highest BCUT2D eigenvalue weighted by molar-refractivity contribution is 5.83. The quantitative estimate of drug-likeness (QED) is 0.598. The van der Waals surface area contributed by atoms with E-state index in [1.54, 1.807) is 7.11 Å². The standard InChI is InChI=1S/C28H40N6O4/c1-18(17-37-2)30-27-29-16-26-24(15-25(34(26)31-27)19-3-7-23(35)8-4-19)20-13-21-5-6-22(14-20)33(21)28(36)32-9-11-38-12-10-32/h13,15-16,18-19,21-23,35H,3-12,14,17H2,1-2H3,(H,30,31)/t18-,19?,21-,22+,23?/m0/s1. The predicted molar refractivity (Wildman–Crippen MR) is 144 cm³/mol. The first kappa shape index (κ1) is 25.6. The fourth-order valence-electron chi connectivity index (χ4n) is 6.76. The maximum Gasteiger partial charge on any atom is 0.320 e. The molecular formula is C28H40N6O4. The summed E-state index contributed by atoms with van der Waals surface area (Å²) in [5, 5.41) is 18.4. The van der Waals surface area contributed by atoms with Gasteiger partial charge >= 0.3 is 6.03 Å². The highest BCUT2D eigenvalue weighted by atomic mass is 16.5. The Hall–Kier alpha value is -2.69. The van der Waals surface area contributed by atoms with Crippen LogP contribution in [0.1, 0.15) is 69.0 Å². The molecule has 2 aromatic rings. The maximum atomic E-state index is 13.4. The third kappa shape index (κ3) is 4.89. The van der Waals surface area contributed by atoms with Crippen molar-refractivity contribution in [1.29, 1.82) is 0 Å². The fourth-order valence-corrected chi connectivity index (χ4v) is 6.76. The van der Waals surface area contributed by atoms with Gasteiger partial charge in [0, 0.05) is 49.5 Å². The van der Waals surface area contributed by atoms with Crippen LogP contribution in [0, 0.1) is 0 Å². The van der Waals surface area contributed by atoms with Crippen LogP contribution < -0.4 is 5.32 Å². The molecule has 0 unspecified atom stereocenters. The molecule has 2 saturated heterocycles. The molecule has 2 bridgehead atoms. The smallest absolute Gasteiger partial charge is 0.320 e. The first-order valence-corrected chi connectivity index (χ1v) is 14.2. The molecule has 2 amide bonds. The van der Waals surface area contributed by atoms with Gasteiger partial charge in [0.25, 0.3) is 0 Å². The number of nitrogens with zero attached hydrogens (tertiary/aromatic N) is 5. The average Bonchev–Trinajstić information content (AvgIpc) is 3.43. The third-order valence-corrected chi connectivity index (χ3v) is 8.70. The van der Waals surface area contributed by atoms with Gasteiger partial charge in [-0.1, -0.05) is 6.08 Å². The molecule has 1 saturated carbocycles. The zero-order chi connectivity index (χ0) is 26.2. The fraction of sp³-hybridized carbons (Fsp3) is 0.679. The van der Waals surface area contributed by atoms with Gasteiger partial charge in [0.05, 0.1) is 43.7 Å². The Balaban J connectivity index is 1.32. The van der Waals surface area contributed by atoms with E-state index in [1.165, 1.54) is 16.8 Å². The molecule has 2 N–H and O–H groups in total. The molecule has 38 heavy (non-hydrogen) atoms. The van der Waals surface area contributed by atoms with Crippen LogP contribution in [0.4, 0.5) is 10.7 Å². The number of amides is 2. The third-order valence-electron chi connectivity index (χ3n) is 8.70. The van der Waals surface area contributed by atoms with Gasteiger partial charge in [-0.05, 0) is 63.5 Å². The SMILES string of the molecule is COC[C@H](C)Nc1ncc2c(C3=C[C@@H]4CC[C@H](C3)N4C(=O)N3CCOCC3)cc(C3CCC(O)CC3)n2n1. The van der Waals surface area contributed by atoms with Gasteiger partial charge in [-0.3, -0.25) is 0 Å². The molecule has 6 rings (SSSR count). The lowest BCUT2D eigenvalue weighted by Gasteiger charge is -2.39. The van der Waals surface area contributed by atoms with E-state index < -0.39 is 0 Å². The molecule has 206 valence electrons. The van der Waals surface area contributed by atoms with E-state index >= 15 is 0 Å². The van der Waals surface area contributed by atoms with E-state index in [9.17, 15) is 9.90 Å². The summed E-state index contributed by atoms with van der Waals surface area (Å²) in [7, 11) is 1.69. The first-order valence-electron chi connectivity index (χ1n) is 14.2. The van der Waals surface area contributed by atoms with Crippen molar-refractivity contribution in [2.24, 2.45) is 0 Å². The van der Waals surface area contributed by atoms with Crippen LogP contribution in [0.3, 0.4) is 0 Å². The number of aliphatic hydroxyl groups is 1. The van der Waals surface area contributed by atoms with Crippen LogP contribution in [-0.4, -0.2) is 99.8 Å². The summed E-state index contributed by atoms with van der Waals surface area (Å²) < 4.78 is 12.8. The molecule has 1 aliphatic carbocycles. The van der Waals surface area contributed by atoms with Gasteiger partial charge < -0.3 is 29.7 Å². The Kier molecular flexibility index (Phi) is 7.29. The van der Waals surface area contributed by atoms with Crippen molar-refractivity contribution in [3.05, 3.63) is 29.6 Å². The lowest BCUT2D eigenvalue weighted by Crippen LogP contribution is -2.52. The van der Waals surface area contributed by atoms with Gasteiger partial charge in [0.1, 0.15) is 0 Å². The Morgan fingerprint density at radius 3 is 2.74 bits per heavy atom. The van der Waals surface area contributed by atoms with Crippen molar-refractivity contribution in [1.82, 2.24) is 24.4 Å². The molecule has 10 nitrogen and oxygen atoms in total. The van der Waals surface area contributed by atoms with Crippen molar-refractivity contribution < 1.29 is 19.4 Å². The second-order valence-corrected chi connectivity index (χ2v) is 11.4. The number of carbonyl (C=O) groups is 1. The Morgan fingerprint density at radius 1 is 1.21 bits per heavy atom. The Morgan fingerprint density at radius 2 is 2.00 bits per heavy atom. The van der Waals surface area contributed by atoms with Crippen LogP contribution in [0.5, 0.6) is 0 Å². The molecule has 0 spiro atoms. The Labute approximate surface area is 224 Å². The van der Waals surface area contributed by atoms with Crippen molar-refractivity contribution in [2.75, 3.05) is 45.3 Å². The highest BCUT2D eigenvalue weighted by Crippen LogP contribution is 2.42. The van der Waals surface area contributed by atoms with E-state index in [0.29, 0.717) is 44.8 Å². The first-order chi connectivity index (χ1) is 18.5. The summed E-state index contributed by atoms with van der Waals surface area (Å²) in [6, 6.07) is 2.89. The molecule has 4 aliphatic rings. The minimum Gasteiger partial charge on any atom is -0.393 e. The van der Waals surface area contributed by atoms with Crippen molar-refractivity contribution in [2.45, 2.75) is 82.0 Å². The molecule has 5 heterocycles. The molecule has 10 heteroatoms. The molecule has 2 aromatic heterocycles. The monoisotopic (exact) mass is 524 g/mol. The highest BCUT2D eigenvalue weighted by Gasteiger charge is 2.42. The van der Waals surface area contributed by atoms with E-state index in [1.807, 2.05) is 18.0 Å². The summed E-state index contributed by atoms with van der Waals surface area (Å²) in [4.78, 5) is 22.1. The number of nitrogens with one attached hydrogen (secondary N) is 1. The maximum absolute atomic E-state index is 13.4. The van der Waals surface area contributed by atoms with E-state index in [0.717, 1.165) is 50.5 Å². The van der Waals surface area contributed by atoms with Gasteiger partial charge in [-0.2, -0.15) is 0 Å². The van der Waals surface area contributed by atoms with E-state index in [-0.39, 0.29) is 30.3 Å². The summed E-state index contributed by atoms with van der Waals surface area (Å²) in [5.41, 5.74) is 4.67. The lowest BCUT2D eigenvalue weighted by atomic mass is 9.85. The number of aliphatic hydroxyl groups excluding tert-OH is 1. The number of rotatable bonds is 6. The number of morpholine rings is 1. The average molecular weight is 525 g/mol. The number of methoxy groups -OCH3 is 1. The van der Waals surface area contributed by atoms with E-state index in [4.69, 9.17) is 14.6 Å². The van der Waals surface area contributed by atoms with Crippen LogP contribution in [-0.2, 0) is 9.47 Å². The van der Waals surface area contributed by atoms with Gasteiger partial charge in [-0.15, -0.1) is 5.10 Å². The largest absolute Gasteiger partial charge is 0.393 e. The van der Waals surface area contributed by atoms with Crippen LogP contribution in [0.15, 0.2) is 18.3 Å². The van der Waals surface area contributed by atoms with Crippen molar-refractivity contribution in [3.8, 4) is 0 Å². The number of ether oxygens (including phenoxy) is 2. The molecule has 0 radical (unpaired) electrons. The van der Waals surface area contributed by atoms with Gasteiger partial charge in [0.15, 0.2) is 0 Å². The summed E-state index contributed by atoms with van der Waals surface area (Å²) >= 11 is 0. The van der Waals surface area contributed by atoms with E-state index in [2.05, 4.69) is 31.9 Å². The molecular weight excluding hydrogens is 484 g/mol. The Bertz CT molecular complexity index is 1180. The second-order valence-electron chi connectivity index (χ2n) is 11.4. The summed E-state index contributed by atoms with van der Waals surface area (Å²) in [6.07, 6.45) is 10.5. The predicted octanol–water partition coefficient (Wildman–Crippen LogP) is 3.27. The number of hydrogen-bond donors (Lipinski definition) is 2. The molecule has 3 atom stereocenters. The van der Waals surface area contributed by atoms with Crippen LogP contribution >= 0.6 is 0 Å². The van der Waals surface area contributed by atoms with Crippen molar-refractivity contribution in [3.63, 3.8) is 0 Å². The second kappa shape index (κ2) is 10.8. The molecule has 3 aliphatic heterocycles. The normalized spacial score (nSPS) is 28.4. The minimum atomic E-state index is -0.203. The zero-order valence-electron chi connectivity index (χ0n) is 22.5. The van der Waals surface area contributed by atoms with Crippen LogP contribution in [0.2, 0.25) is 0 Å². The minimum absolute atomic E-state index is 0.0902. The van der Waals surface area contributed by atoms with Gasteiger partial charge in [-0.25, -0.2) is 14.3 Å². The number of fused-ring (bicyclic) bond motifs is 3. The zero-order valence-corrected chi connectivity index (χ0v) is 22.5. The summed E-state index contributed by atoms with van der Waals surface area (Å²) in [5.74, 6) is 0.931. The number of anilines is 1. The number of aromatic nitrogens is 3. The number of carbonyl (C=O) groups excluding carboxylic acids is 1. The van der Waals surface area contributed by atoms with Crippen LogP contribution in [0.25, 0.3) is 11.1 Å². The number of hydrogen-bond acceptors (Lipinski definition) is 7. The van der Waals surface area contributed by atoms with Gasteiger partial charge in [0.2, 0.25) is 5.95 Å². The molecule has 3 fully saturated rings. The van der Waals surface area contributed by atoms with Crippen molar-refractivity contribution >= 4 is 23.1 Å². The topological polar surface area (TPSA) is 104 Å².